The van der Waals surface area contributed by atoms with Crippen LogP contribution in [0.25, 0.3) is 0 Å². The van der Waals surface area contributed by atoms with Gasteiger partial charge in [-0.1, -0.05) is 44.9 Å². The second-order valence-electron chi connectivity index (χ2n) is 11.3. The number of esters is 1. The van der Waals surface area contributed by atoms with Gasteiger partial charge in [0.25, 0.3) is 5.91 Å². The molecule has 3 aliphatic rings. The zero-order valence-electron chi connectivity index (χ0n) is 23.9. The summed E-state index contributed by atoms with van der Waals surface area (Å²) >= 11 is 0. The van der Waals surface area contributed by atoms with Crippen molar-refractivity contribution in [1.29, 1.82) is 0 Å². The molecule has 2 aromatic rings. The van der Waals surface area contributed by atoms with Crippen LogP contribution in [-0.2, 0) is 9.53 Å². The van der Waals surface area contributed by atoms with Gasteiger partial charge in [0, 0.05) is 29.3 Å². The summed E-state index contributed by atoms with van der Waals surface area (Å²) in [6.45, 7) is 4.05. The fraction of sp³-hybridized carbons (Fsp3) is 0.516. The van der Waals surface area contributed by atoms with Crippen LogP contribution < -0.4 is 15.0 Å². The van der Waals surface area contributed by atoms with E-state index in [9.17, 15) is 27.6 Å². The zero-order valence-corrected chi connectivity index (χ0v) is 23.9. The summed E-state index contributed by atoms with van der Waals surface area (Å²) < 4.78 is 46.9. The van der Waals surface area contributed by atoms with Gasteiger partial charge in [-0.05, 0) is 67.0 Å². The van der Waals surface area contributed by atoms with Crippen molar-refractivity contribution in [2.75, 3.05) is 18.6 Å². The van der Waals surface area contributed by atoms with Crippen LogP contribution in [0.1, 0.15) is 74.3 Å². The first-order valence-corrected chi connectivity index (χ1v) is 14.4. The van der Waals surface area contributed by atoms with E-state index in [0.717, 1.165) is 56.2 Å². The number of urea groups is 1. The number of anilines is 1. The molecule has 11 heteroatoms. The Morgan fingerprint density at radius 1 is 1.02 bits per heavy atom. The lowest BCUT2D eigenvalue weighted by atomic mass is 9.66. The minimum Gasteiger partial charge on any atom is -0.468 e. The molecule has 3 amide bonds. The molecule has 1 N–H and O–H groups in total. The maximum absolute atomic E-state index is 14.2. The Balaban J connectivity index is 1.58. The molecule has 1 heterocycles. The predicted octanol–water partition coefficient (Wildman–Crippen LogP) is 6.22. The number of hydrogen-bond donors (Lipinski definition) is 1. The van der Waals surface area contributed by atoms with E-state index in [-0.39, 0.29) is 53.5 Å². The molecule has 3 atom stereocenters. The van der Waals surface area contributed by atoms with Crippen molar-refractivity contribution in [3.63, 3.8) is 0 Å². The van der Waals surface area contributed by atoms with E-state index < -0.39 is 18.1 Å². The van der Waals surface area contributed by atoms with Gasteiger partial charge in [0.15, 0.2) is 0 Å². The number of methoxy groups -OCH3 is 1. The van der Waals surface area contributed by atoms with Crippen LogP contribution >= 0.6 is 0 Å². The standard InChI is InChI=1S/C31H36F3N3O5/c1-4-30(5-2)17-16-24-26(30)27(36(20-12-13-20)29(40)35-18-25(38)41-3)22-8-6-7-9-23(22)37(24)28(39)19-10-14-21(15-11-19)42-31(32,33)34/h6-11,14-15,20,24,26-27H,4-5,12-13,16-18H2,1-3H3,(H,35,40). The Bertz CT molecular complexity index is 1320. The van der Waals surface area contributed by atoms with Gasteiger partial charge in [-0.25, -0.2) is 4.79 Å². The number of alkyl halides is 3. The number of hydrogen-bond acceptors (Lipinski definition) is 5. The molecule has 3 unspecified atom stereocenters. The zero-order chi connectivity index (χ0) is 30.2. The highest BCUT2D eigenvalue weighted by Crippen LogP contribution is 2.61. The van der Waals surface area contributed by atoms with Crippen molar-refractivity contribution in [2.45, 2.75) is 76.9 Å². The third-order valence-electron chi connectivity index (χ3n) is 9.29. The molecule has 2 saturated carbocycles. The Morgan fingerprint density at radius 2 is 1.69 bits per heavy atom. The summed E-state index contributed by atoms with van der Waals surface area (Å²) in [5.74, 6) is -1.35. The highest BCUT2D eigenvalue weighted by Gasteiger charge is 2.59. The monoisotopic (exact) mass is 587 g/mol. The van der Waals surface area contributed by atoms with Crippen LogP contribution in [0.2, 0.25) is 0 Å². The van der Waals surface area contributed by atoms with Crippen molar-refractivity contribution in [2.24, 2.45) is 11.3 Å². The maximum atomic E-state index is 14.2. The normalized spacial score (nSPS) is 22.5. The smallest absolute Gasteiger partial charge is 0.468 e. The van der Waals surface area contributed by atoms with E-state index in [2.05, 4.69) is 23.9 Å². The highest BCUT2D eigenvalue weighted by atomic mass is 19.4. The average Bonchev–Trinajstić information content (AvgIpc) is 3.74. The summed E-state index contributed by atoms with van der Waals surface area (Å²) in [7, 11) is 1.27. The lowest BCUT2D eigenvalue weighted by Crippen LogP contribution is -2.57. The molecule has 0 spiro atoms. The molecule has 42 heavy (non-hydrogen) atoms. The van der Waals surface area contributed by atoms with Crippen molar-refractivity contribution in [1.82, 2.24) is 10.2 Å². The number of nitrogens with one attached hydrogen (secondary N) is 1. The van der Waals surface area contributed by atoms with Crippen LogP contribution in [0.15, 0.2) is 48.5 Å². The second-order valence-corrected chi connectivity index (χ2v) is 11.3. The van der Waals surface area contributed by atoms with Crippen molar-refractivity contribution in [3.05, 3.63) is 59.7 Å². The summed E-state index contributed by atoms with van der Waals surface area (Å²) in [5.41, 5.74) is 1.62. The Morgan fingerprint density at radius 3 is 2.29 bits per heavy atom. The van der Waals surface area contributed by atoms with Crippen LogP contribution in [-0.4, -0.2) is 54.9 Å². The third-order valence-corrected chi connectivity index (χ3v) is 9.29. The molecule has 2 aromatic carbocycles. The summed E-state index contributed by atoms with van der Waals surface area (Å²) in [5, 5.41) is 2.75. The van der Waals surface area contributed by atoms with Crippen LogP contribution in [0, 0.1) is 11.3 Å². The molecular formula is C31H36F3N3O5. The highest BCUT2D eigenvalue weighted by molar-refractivity contribution is 6.07. The van der Waals surface area contributed by atoms with Crippen molar-refractivity contribution in [3.8, 4) is 5.75 Å². The fourth-order valence-electron chi connectivity index (χ4n) is 7.13. The van der Waals surface area contributed by atoms with Crippen molar-refractivity contribution >= 4 is 23.6 Å². The van der Waals surface area contributed by atoms with Gasteiger partial charge in [0.05, 0.1) is 13.2 Å². The largest absolute Gasteiger partial charge is 0.573 e. The van der Waals surface area contributed by atoms with E-state index in [1.54, 1.807) is 4.90 Å². The van der Waals surface area contributed by atoms with Gasteiger partial charge in [-0.3, -0.25) is 9.59 Å². The fourth-order valence-corrected chi connectivity index (χ4v) is 7.13. The molecule has 8 nitrogen and oxygen atoms in total. The number of para-hydroxylation sites is 1. The summed E-state index contributed by atoms with van der Waals surface area (Å²) in [4.78, 5) is 43.4. The molecule has 0 aromatic heterocycles. The van der Waals surface area contributed by atoms with E-state index in [1.807, 2.05) is 29.2 Å². The molecule has 226 valence electrons. The van der Waals surface area contributed by atoms with E-state index in [1.165, 1.54) is 19.2 Å². The molecule has 0 bridgehead atoms. The summed E-state index contributed by atoms with van der Waals surface area (Å²) in [6, 6.07) is 11.7. The van der Waals surface area contributed by atoms with Gasteiger partial charge < -0.3 is 24.6 Å². The first kappa shape index (κ1) is 29.7. The number of carbonyl (C=O) groups is 3. The van der Waals surface area contributed by atoms with E-state index >= 15 is 0 Å². The van der Waals surface area contributed by atoms with E-state index in [4.69, 9.17) is 4.74 Å². The van der Waals surface area contributed by atoms with Gasteiger partial charge in [-0.2, -0.15) is 0 Å². The second kappa shape index (κ2) is 11.5. The first-order valence-electron chi connectivity index (χ1n) is 14.4. The molecular weight excluding hydrogens is 551 g/mol. The number of amides is 3. The van der Waals surface area contributed by atoms with Gasteiger partial charge in [0.2, 0.25) is 0 Å². The van der Waals surface area contributed by atoms with Gasteiger partial charge >= 0.3 is 18.4 Å². The Kier molecular flexibility index (Phi) is 8.13. The molecule has 1 aliphatic heterocycles. The number of fused-ring (bicyclic) bond motifs is 2. The first-order chi connectivity index (χ1) is 20.0. The third kappa shape index (κ3) is 5.53. The minimum absolute atomic E-state index is 0.0109. The lowest BCUT2D eigenvalue weighted by Gasteiger charge is -2.52. The van der Waals surface area contributed by atoms with Crippen LogP contribution in [0.5, 0.6) is 5.75 Å². The Hall–Kier alpha value is -3.76. The average molecular weight is 588 g/mol. The van der Waals surface area contributed by atoms with E-state index in [0.29, 0.717) is 5.69 Å². The SMILES string of the molecule is CCC1(CC)CCC2C1C(N(C(=O)NCC(=O)OC)C1CC1)c1ccccc1N2C(=O)c1ccc(OC(F)(F)F)cc1. The van der Waals surface area contributed by atoms with Gasteiger partial charge in [0.1, 0.15) is 12.3 Å². The number of halogens is 3. The molecule has 2 aliphatic carbocycles. The number of carbonyl (C=O) groups excluding carboxylic acids is 3. The molecule has 0 saturated heterocycles. The molecule has 5 rings (SSSR count). The van der Waals surface area contributed by atoms with Gasteiger partial charge in [-0.15, -0.1) is 13.2 Å². The number of nitrogens with zero attached hydrogens (tertiary/aromatic N) is 2. The topological polar surface area (TPSA) is 88.2 Å². The van der Waals surface area contributed by atoms with Crippen LogP contribution in [0.4, 0.5) is 23.7 Å². The van der Waals surface area contributed by atoms with Crippen LogP contribution in [0.3, 0.4) is 0 Å². The quantitative estimate of drug-likeness (QED) is 0.371. The molecule has 2 fully saturated rings. The minimum atomic E-state index is -4.83. The Labute approximate surface area is 243 Å². The molecule has 0 radical (unpaired) electrons. The van der Waals surface area contributed by atoms with Crippen molar-refractivity contribution < 1.29 is 37.0 Å². The summed E-state index contributed by atoms with van der Waals surface area (Å²) in [6.07, 6.45) is 0.173. The number of benzene rings is 2. The maximum Gasteiger partial charge on any atom is 0.573 e. The number of rotatable bonds is 8. The lowest BCUT2D eigenvalue weighted by molar-refractivity contribution is -0.274. The predicted molar refractivity (Wildman–Crippen MR) is 149 cm³/mol. The number of ether oxygens (including phenoxy) is 2.